The topological polar surface area (TPSA) is 62.1 Å². The van der Waals surface area contributed by atoms with Crippen LogP contribution in [0.25, 0.3) is 16.2 Å². The number of ether oxygens (including phenoxy) is 1. The molecule has 5 nitrogen and oxygen atoms in total. The molecule has 299 valence electrons. The van der Waals surface area contributed by atoms with Crippen molar-refractivity contribution in [1.29, 1.82) is 0 Å². The minimum absolute atomic E-state index is 0. The average molecular weight is 891 g/mol. The summed E-state index contributed by atoms with van der Waals surface area (Å²) in [5.41, 5.74) is 12.9. The van der Waals surface area contributed by atoms with E-state index in [0.717, 1.165) is 46.9 Å². The van der Waals surface area contributed by atoms with Gasteiger partial charge in [-0.15, -0.1) is 11.2 Å². The van der Waals surface area contributed by atoms with Crippen molar-refractivity contribution in [3.63, 3.8) is 0 Å². The second-order valence-electron chi connectivity index (χ2n) is 16.5. The van der Waals surface area contributed by atoms with Gasteiger partial charge in [-0.25, -0.2) is 0 Å². The number of aliphatic imine (C=N–C) groups is 2. The van der Waals surface area contributed by atoms with Crippen LogP contribution in [-0.2, 0) is 4.74 Å². The van der Waals surface area contributed by atoms with Gasteiger partial charge in [0.05, 0.1) is 5.69 Å². The molecule has 0 aliphatic carbocycles. The second kappa shape index (κ2) is 23.5. The maximum absolute atomic E-state index is 4.94. The van der Waals surface area contributed by atoms with Gasteiger partial charge in [0.15, 0.2) is 0 Å². The molecule has 0 saturated carbocycles. The normalized spacial score (nSPS) is 13.0. The quantitative estimate of drug-likeness (QED) is 0.0980. The third-order valence-corrected chi connectivity index (χ3v) is 10.0. The fraction of sp³-hybridized carbons (Fsp3) is 0.440. The monoisotopic (exact) mass is 891 g/mol. The number of hydrogen-bond acceptors (Lipinski definition) is 3. The Balaban J connectivity index is 0.000000264. The maximum Gasteiger partial charge on any atom is 2.00 e. The van der Waals surface area contributed by atoms with Gasteiger partial charge >= 0.3 is 49.4 Å². The fourth-order valence-corrected chi connectivity index (χ4v) is 6.88. The van der Waals surface area contributed by atoms with E-state index in [1.807, 2.05) is 24.4 Å². The van der Waals surface area contributed by atoms with E-state index in [4.69, 9.17) is 20.0 Å². The van der Waals surface area contributed by atoms with E-state index >= 15 is 0 Å². The van der Waals surface area contributed by atoms with Crippen molar-refractivity contribution in [3.05, 3.63) is 129 Å². The van der Waals surface area contributed by atoms with Gasteiger partial charge in [-0.05, 0) is 98.5 Å². The average Bonchev–Trinajstić information content (AvgIpc) is 3.88. The molecule has 0 atom stereocenters. The number of rotatable bonds is 11. The number of fused-ring (bicyclic) bond motifs is 1. The number of aromatic nitrogens is 1. The van der Waals surface area contributed by atoms with Gasteiger partial charge in [-0.3, -0.25) is 4.99 Å². The zero-order valence-corrected chi connectivity index (χ0v) is 38.5. The van der Waals surface area contributed by atoms with E-state index in [-0.39, 0.29) is 49.4 Å². The predicted octanol–water partition coefficient (Wildman–Crippen LogP) is 15.1. The molecule has 1 aliphatic rings. The first kappa shape index (κ1) is 47.5. The Morgan fingerprint density at radius 1 is 0.536 bits per heavy atom. The van der Waals surface area contributed by atoms with Crippen molar-refractivity contribution in [1.82, 2.24) is 4.98 Å². The van der Waals surface area contributed by atoms with Gasteiger partial charge in [0.1, 0.15) is 0 Å². The van der Waals surface area contributed by atoms with Crippen molar-refractivity contribution >= 4 is 40.5 Å². The molecule has 1 saturated heterocycles. The molecule has 6 heteroatoms. The first-order chi connectivity index (χ1) is 26.3. The molecule has 2 heterocycles. The molecular formula is C50H66EuN4O. The standard InChI is InChI=1S/C25H35N2.C21H23N2.C4H8O.Eu/c1-16(2)20-11-9-12-21(17(3)4)24(20)26-15-27-25-22(18(5)6)13-10-14-23(25)19(7)8;1-14(2)18-9-7-10-19(15(3)4)21(18)22-13-17-12-16-8-5-6-11-20(16)23-17;1-2-4-5-3-1;/h9-19H,1-8H3;5-15H,1-4H3;1-4H2;/q2*-1;;+2. The molecule has 4 aromatic carbocycles. The van der Waals surface area contributed by atoms with Gasteiger partial charge in [0.25, 0.3) is 0 Å². The predicted molar refractivity (Wildman–Crippen MR) is 240 cm³/mol. The summed E-state index contributed by atoms with van der Waals surface area (Å²) in [6.07, 6.45) is 6.22. The van der Waals surface area contributed by atoms with E-state index in [2.05, 4.69) is 155 Å². The van der Waals surface area contributed by atoms with E-state index in [9.17, 15) is 0 Å². The Bertz CT molecular complexity index is 1880. The Morgan fingerprint density at radius 3 is 1.34 bits per heavy atom. The fourth-order valence-electron chi connectivity index (χ4n) is 6.88. The molecule has 1 aliphatic heterocycles. The molecule has 5 aromatic rings. The van der Waals surface area contributed by atoms with Gasteiger partial charge in [0.2, 0.25) is 0 Å². The van der Waals surface area contributed by atoms with Crippen LogP contribution >= 0.6 is 0 Å². The Labute approximate surface area is 380 Å². The zero-order chi connectivity index (χ0) is 40.1. The second-order valence-corrected chi connectivity index (χ2v) is 16.5. The summed E-state index contributed by atoms with van der Waals surface area (Å²) in [7, 11) is 0. The molecule has 0 bridgehead atoms. The van der Waals surface area contributed by atoms with Gasteiger partial charge in [-0.1, -0.05) is 174 Å². The maximum atomic E-state index is 4.94. The summed E-state index contributed by atoms with van der Waals surface area (Å²) in [5.74, 6) is 2.64. The van der Waals surface area contributed by atoms with Crippen molar-refractivity contribution in [2.75, 3.05) is 13.2 Å². The third-order valence-electron chi connectivity index (χ3n) is 10.0. The van der Waals surface area contributed by atoms with Crippen LogP contribution in [0.15, 0.2) is 94.9 Å². The molecule has 0 spiro atoms. The molecule has 0 unspecified atom stereocenters. The molecule has 0 N–H and O–H groups in total. The summed E-state index contributed by atoms with van der Waals surface area (Å²) in [6, 6.07) is 29.8. The van der Waals surface area contributed by atoms with E-state index in [1.165, 1.54) is 46.2 Å². The largest absolute Gasteiger partial charge is 2.00 e. The van der Waals surface area contributed by atoms with Crippen molar-refractivity contribution < 1.29 is 54.1 Å². The molecule has 1 fully saturated rings. The first-order valence-electron chi connectivity index (χ1n) is 20.6. The summed E-state index contributed by atoms with van der Waals surface area (Å²) in [6.45, 7) is 28.6. The number of nitrogens with zero attached hydrogens (tertiary/aromatic N) is 4. The number of benzene rings is 4. The third kappa shape index (κ3) is 13.3. The van der Waals surface area contributed by atoms with Crippen LogP contribution in [0.3, 0.4) is 0 Å². The minimum atomic E-state index is 0. The molecular weight excluding hydrogens is 825 g/mol. The van der Waals surface area contributed by atoms with E-state index < -0.39 is 0 Å². The Hall–Kier alpha value is -2.90. The molecule has 1 radical (unpaired) electrons. The van der Waals surface area contributed by atoms with Crippen molar-refractivity contribution in [2.45, 2.75) is 131 Å². The van der Waals surface area contributed by atoms with Gasteiger partial charge < -0.3 is 20.0 Å². The summed E-state index contributed by atoms with van der Waals surface area (Å²) in [4.78, 5) is 14.3. The summed E-state index contributed by atoms with van der Waals surface area (Å²) < 4.78 is 4.94. The van der Waals surface area contributed by atoms with Gasteiger partial charge in [0, 0.05) is 19.4 Å². The SMILES string of the molecule is C1CCOC1.CC(C)c1cccc(C(C)C)c1N=C[N-]c1c(C(C)C)cccc1C(C)C.CC(C)c1cccc(C(C)C)c1N=Cc1cc2ccccc2[n-]1.[Eu+2]. The smallest absolute Gasteiger partial charge is 0.656 e. The molecule has 0 amide bonds. The van der Waals surface area contributed by atoms with Crippen LogP contribution in [-0.4, -0.2) is 25.8 Å². The van der Waals surface area contributed by atoms with Crippen molar-refractivity contribution in [2.24, 2.45) is 9.98 Å². The zero-order valence-electron chi connectivity index (χ0n) is 36.1. The van der Waals surface area contributed by atoms with Crippen LogP contribution < -0.4 is 4.98 Å². The van der Waals surface area contributed by atoms with Crippen LogP contribution in [0, 0.1) is 49.4 Å². The Morgan fingerprint density at radius 2 is 0.946 bits per heavy atom. The molecule has 6 rings (SSSR count). The van der Waals surface area contributed by atoms with Crippen LogP contribution in [0.2, 0.25) is 0 Å². The summed E-state index contributed by atoms with van der Waals surface area (Å²) >= 11 is 0. The minimum Gasteiger partial charge on any atom is -0.656 e. The Kier molecular flexibility index (Phi) is 19.9. The van der Waals surface area contributed by atoms with E-state index in [1.54, 1.807) is 6.34 Å². The van der Waals surface area contributed by atoms with Crippen molar-refractivity contribution in [3.8, 4) is 0 Å². The van der Waals surface area contributed by atoms with Crippen LogP contribution in [0.5, 0.6) is 0 Å². The number of para-hydroxylation sites is 4. The summed E-state index contributed by atoms with van der Waals surface area (Å²) in [5, 5.41) is 6.02. The first-order valence-corrected chi connectivity index (χ1v) is 20.6. The van der Waals surface area contributed by atoms with Gasteiger partial charge in [-0.2, -0.15) is 0 Å². The van der Waals surface area contributed by atoms with Crippen LogP contribution in [0.1, 0.15) is 171 Å². The molecule has 1 aromatic heterocycles. The molecule has 56 heavy (non-hydrogen) atoms. The number of hydrogen-bond donors (Lipinski definition) is 0. The van der Waals surface area contributed by atoms with Crippen LogP contribution in [0.4, 0.5) is 17.1 Å². The van der Waals surface area contributed by atoms with E-state index in [0.29, 0.717) is 35.5 Å².